The molecule has 2 heterocycles. The van der Waals surface area contributed by atoms with Gasteiger partial charge < -0.3 is 4.98 Å². The fourth-order valence-electron chi connectivity index (χ4n) is 2.70. The molecule has 0 saturated carbocycles. The Labute approximate surface area is 141 Å². The summed E-state index contributed by atoms with van der Waals surface area (Å²) in [6.07, 6.45) is 1.55. The number of nitrogens with one attached hydrogen (secondary N) is 1. The van der Waals surface area contributed by atoms with Crippen LogP contribution >= 0.6 is 11.6 Å². The first-order valence-corrected chi connectivity index (χ1v) is 7.63. The van der Waals surface area contributed by atoms with E-state index in [4.69, 9.17) is 11.6 Å². The molecule has 0 saturated heterocycles. The summed E-state index contributed by atoms with van der Waals surface area (Å²) in [5, 5.41) is 5.77. The number of rotatable bonds is 2. The van der Waals surface area contributed by atoms with Crippen molar-refractivity contribution in [2.45, 2.75) is 0 Å². The third-order valence-electron chi connectivity index (χ3n) is 3.77. The summed E-state index contributed by atoms with van der Waals surface area (Å²) in [5.74, 6) is -0.383. The Kier molecular flexibility index (Phi) is 3.43. The van der Waals surface area contributed by atoms with Crippen molar-refractivity contribution in [2.75, 3.05) is 0 Å². The molecule has 2 aromatic heterocycles. The lowest BCUT2D eigenvalue weighted by Crippen LogP contribution is -2.02. The number of hydrogen-bond donors (Lipinski definition) is 1. The SMILES string of the molecule is O=c1cc(-c2nn(-c3ccc(Cl)cc3)c3c(F)cccc23)cc[nH]1. The summed E-state index contributed by atoms with van der Waals surface area (Å²) >= 11 is 5.93. The average Bonchev–Trinajstić information content (AvgIpc) is 2.97. The lowest BCUT2D eigenvalue weighted by Gasteiger charge is -2.04. The fraction of sp³-hybridized carbons (Fsp3) is 0. The number of nitrogens with zero attached hydrogens (tertiary/aromatic N) is 2. The van der Waals surface area contributed by atoms with Crippen molar-refractivity contribution in [1.29, 1.82) is 0 Å². The highest BCUT2D eigenvalue weighted by molar-refractivity contribution is 6.30. The van der Waals surface area contributed by atoms with Crippen molar-refractivity contribution in [3.63, 3.8) is 0 Å². The molecular weight excluding hydrogens is 329 g/mol. The number of halogens is 2. The van der Waals surface area contributed by atoms with Crippen LogP contribution in [-0.2, 0) is 0 Å². The maximum atomic E-state index is 14.5. The molecule has 0 aliphatic heterocycles. The summed E-state index contributed by atoms with van der Waals surface area (Å²) in [6.45, 7) is 0. The van der Waals surface area contributed by atoms with E-state index < -0.39 is 0 Å². The van der Waals surface area contributed by atoms with Gasteiger partial charge in [-0.05, 0) is 36.4 Å². The van der Waals surface area contributed by atoms with Crippen LogP contribution in [0.3, 0.4) is 0 Å². The van der Waals surface area contributed by atoms with E-state index in [1.807, 2.05) is 0 Å². The van der Waals surface area contributed by atoms with Crippen molar-refractivity contribution >= 4 is 22.5 Å². The average molecular weight is 340 g/mol. The molecule has 118 valence electrons. The van der Waals surface area contributed by atoms with Crippen molar-refractivity contribution in [2.24, 2.45) is 0 Å². The van der Waals surface area contributed by atoms with Gasteiger partial charge in [0.05, 0.1) is 5.69 Å². The van der Waals surface area contributed by atoms with Crippen LogP contribution in [0.25, 0.3) is 27.8 Å². The monoisotopic (exact) mass is 339 g/mol. The molecule has 4 aromatic rings. The minimum absolute atomic E-state index is 0.238. The van der Waals surface area contributed by atoms with Crippen LogP contribution in [0.5, 0.6) is 0 Å². The first-order valence-electron chi connectivity index (χ1n) is 7.26. The van der Waals surface area contributed by atoms with Gasteiger partial charge in [-0.25, -0.2) is 9.07 Å². The predicted molar refractivity (Wildman–Crippen MR) is 92.1 cm³/mol. The zero-order chi connectivity index (χ0) is 16.7. The highest BCUT2D eigenvalue weighted by Gasteiger charge is 2.16. The normalized spacial score (nSPS) is 11.1. The van der Waals surface area contributed by atoms with Crippen molar-refractivity contribution in [3.8, 4) is 16.9 Å². The Morgan fingerprint density at radius 2 is 1.88 bits per heavy atom. The maximum absolute atomic E-state index is 14.5. The van der Waals surface area contributed by atoms with E-state index in [1.165, 1.54) is 16.8 Å². The molecule has 0 atom stereocenters. The van der Waals surface area contributed by atoms with E-state index >= 15 is 0 Å². The van der Waals surface area contributed by atoms with Gasteiger partial charge in [-0.1, -0.05) is 23.7 Å². The molecule has 0 bridgehead atoms. The van der Waals surface area contributed by atoms with Gasteiger partial charge in [0.15, 0.2) is 0 Å². The summed E-state index contributed by atoms with van der Waals surface area (Å²) < 4.78 is 16.0. The first-order chi connectivity index (χ1) is 11.6. The Morgan fingerprint density at radius 1 is 1.08 bits per heavy atom. The number of fused-ring (bicyclic) bond motifs is 1. The second kappa shape index (κ2) is 5.62. The van der Waals surface area contributed by atoms with E-state index in [1.54, 1.807) is 48.7 Å². The van der Waals surface area contributed by atoms with Crippen LogP contribution in [-0.4, -0.2) is 14.8 Å². The van der Waals surface area contributed by atoms with E-state index in [0.29, 0.717) is 32.9 Å². The van der Waals surface area contributed by atoms with Gasteiger partial charge in [-0.3, -0.25) is 4.79 Å². The second-order valence-corrected chi connectivity index (χ2v) is 5.75. The Morgan fingerprint density at radius 3 is 2.62 bits per heavy atom. The molecule has 0 unspecified atom stereocenters. The number of para-hydroxylation sites is 1. The number of aromatic nitrogens is 3. The summed E-state index contributed by atoms with van der Waals surface area (Å²) in [4.78, 5) is 14.2. The number of H-pyrrole nitrogens is 1. The summed E-state index contributed by atoms with van der Waals surface area (Å²) in [6, 6.07) is 15.0. The molecule has 4 rings (SSSR count). The molecule has 0 aliphatic rings. The minimum Gasteiger partial charge on any atom is -0.329 e. The number of pyridine rings is 1. The molecule has 0 amide bonds. The lowest BCUT2D eigenvalue weighted by molar-refractivity contribution is 0.632. The van der Waals surface area contributed by atoms with Crippen molar-refractivity contribution < 1.29 is 4.39 Å². The van der Waals surface area contributed by atoms with Crippen LogP contribution in [0.4, 0.5) is 4.39 Å². The second-order valence-electron chi connectivity index (χ2n) is 5.31. The quantitative estimate of drug-likeness (QED) is 0.596. The lowest BCUT2D eigenvalue weighted by atomic mass is 10.1. The molecule has 0 radical (unpaired) electrons. The minimum atomic E-state index is -0.383. The smallest absolute Gasteiger partial charge is 0.248 e. The van der Waals surface area contributed by atoms with Crippen molar-refractivity contribution in [1.82, 2.24) is 14.8 Å². The third kappa shape index (κ3) is 2.39. The molecule has 6 heteroatoms. The van der Waals surface area contributed by atoms with Gasteiger partial charge in [-0.2, -0.15) is 5.10 Å². The van der Waals surface area contributed by atoms with E-state index in [0.717, 1.165) is 0 Å². The van der Waals surface area contributed by atoms with Crippen molar-refractivity contribution in [3.05, 3.63) is 82.0 Å². The van der Waals surface area contributed by atoms with E-state index in [2.05, 4.69) is 10.1 Å². The molecule has 0 aliphatic carbocycles. The fourth-order valence-corrected chi connectivity index (χ4v) is 2.83. The van der Waals surface area contributed by atoms with Gasteiger partial charge in [0, 0.05) is 28.2 Å². The van der Waals surface area contributed by atoms with E-state index in [9.17, 15) is 9.18 Å². The molecule has 4 nitrogen and oxygen atoms in total. The van der Waals surface area contributed by atoms with Crippen LogP contribution in [0, 0.1) is 5.82 Å². The van der Waals surface area contributed by atoms with Gasteiger partial charge in [-0.15, -0.1) is 0 Å². The highest BCUT2D eigenvalue weighted by atomic mass is 35.5. The summed E-state index contributed by atoms with van der Waals surface area (Å²) in [7, 11) is 0. The molecule has 1 N–H and O–H groups in total. The summed E-state index contributed by atoms with van der Waals surface area (Å²) in [5.41, 5.74) is 1.98. The van der Waals surface area contributed by atoms with Gasteiger partial charge in [0.2, 0.25) is 5.56 Å². The number of aromatic amines is 1. The van der Waals surface area contributed by atoms with Gasteiger partial charge >= 0.3 is 0 Å². The van der Waals surface area contributed by atoms with Crippen LogP contribution in [0.1, 0.15) is 0 Å². The Hall–Kier alpha value is -2.92. The third-order valence-corrected chi connectivity index (χ3v) is 4.03. The Bertz CT molecular complexity index is 1100. The molecule has 24 heavy (non-hydrogen) atoms. The number of benzene rings is 2. The van der Waals surface area contributed by atoms with Gasteiger partial charge in [0.25, 0.3) is 0 Å². The highest BCUT2D eigenvalue weighted by Crippen LogP contribution is 2.30. The Balaban J connectivity index is 2.05. The molecule has 0 fully saturated rings. The molecule has 0 spiro atoms. The predicted octanol–water partition coefficient (Wildman–Crippen LogP) is 4.17. The standard InChI is InChI=1S/C18H11ClFN3O/c19-12-4-6-13(7-5-12)23-18-14(2-1-3-15(18)20)17(22-23)11-8-9-21-16(24)10-11/h1-10H,(H,21,24). The van der Waals surface area contributed by atoms with Gasteiger partial charge in [0.1, 0.15) is 17.0 Å². The van der Waals surface area contributed by atoms with Crippen LogP contribution < -0.4 is 5.56 Å². The zero-order valence-electron chi connectivity index (χ0n) is 12.3. The largest absolute Gasteiger partial charge is 0.329 e. The molecular formula is C18H11ClFN3O. The maximum Gasteiger partial charge on any atom is 0.248 e. The van der Waals surface area contributed by atoms with E-state index in [-0.39, 0.29) is 11.4 Å². The van der Waals surface area contributed by atoms with Crippen LogP contribution in [0.15, 0.2) is 65.6 Å². The molecule has 2 aromatic carbocycles. The number of hydrogen-bond acceptors (Lipinski definition) is 2. The topological polar surface area (TPSA) is 50.7 Å². The van der Waals surface area contributed by atoms with Crippen LogP contribution in [0.2, 0.25) is 5.02 Å². The zero-order valence-corrected chi connectivity index (χ0v) is 13.1. The first kappa shape index (κ1) is 14.7.